The lowest BCUT2D eigenvalue weighted by molar-refractivity contribution is -0.116. The second-order valence-corrected chi connectivity index (χ2v) is 6.98. The van der Waals surface area contributed by atoms with Crippen LogP contribution in [0, 0.1) is 0 Å². The Morgan fingerprint density at radius 2 is 1.50 bits per heavy atom. The van der Waals surface area contributed by atoms with Crippen LogP contribution in [0.15, 0.2) is 78.9 Å². The molecule has 0 saturated carbocycles. The lowest BCUT2D eigenvalue weighted by Crippen LogP contribution is -2.35. The Bertz CT molecular complexity index is 1000. The highest BCUT2D eigenvalue weighted by Gasteiger charge is 2.18. The summed E-state index contributed by atoms with van der Waals surface area (Å²) >= 11 is 0. The molecule has 3 aromatic rings. The number of aryl methyl sites for hydroxylation is 1. The summed E-state index contributed by atoms with van der Waals surface area (Å²) < 4.78 is 5.80. The van der Waals surface area contributed by atoms with Gasteiger partial charge in [0.2, 0.25) is 5.91 Å². The highest BCUT2D eigenvalue weighted by atomic mass is 16.5. The van der Waals surface area contributed by atoms with Crippen molar-refractivity contribution in [2.24, 2.45) is 0 Å². The average Bonchev–Trinajstić information content (AvgIpc) is 2.78. The van der Waals surface area contributed by atoms with Crippen LogP contribution in [0.5, 0.6) is 5.75 Å². The summed E-state index contributed by atoms with van der Waals surface area (Å²) in [7, 11) is 1.63. The predicted molar refractivity (Wildman–Crippen MR) is 119 cm³/mol. The van der Waals surface area contributed by atoms with Gasteiger partial charge in [0, 0.05) is 23.9 Å². The highest BCUT2D eigenvalue weighted by molar-refractivity contribution is 6.00. The number of anilines is 1. The summed E-state index contributed by atoms with van der Waals surface area (Å²) in [5.41, 5.74) is 3.14. The van der Waals surface area contributed by atoms with Gasteiger partial charge in [-0.15, -0.1) is 0 Å². The summed E-state index contributed by atoms with van der Waals surface area (Å²) in [5.74, 6) is 0.285. The van der Waals surface area contributed by atoms with Crippen LogP contribution >= 0.6 is 0 Å². The second-order valence-electron chi connectivity index (χ2n) is 6.98. The molecule has 0 saturated heterocycles. The molecule has 0 spiro atoms. The Morgan fingerprint density at radius 1 is 0.867 bits per heavy atom. The molecular formula is C25H26N2O3. The van der Waals surface area contributed by atoms with Crippen LogP contribution in [0.2, 0.25) is 0 Å². The van der Waals surface area contributed by atoms with E-state index in [9.17, 15) is 9.59 Å². The maximum atomic E-state index is 13.0. The standard InChI is InChI=1S/C25H26N2O3/c1-3-19-11-8-10-16-23(19)26-24(28)17-27(2)25(29)22-15-9-7-12-20(22)18-30-21-13-5-4-6-14-21/h4-16H,3,17-18H2,1-2H3,(H,26,28). The molecule has 0 aromatic heterocycles. The van der Waals surface area contributed by atoms with Gasteiger partial charge in [0.05, 0.1) is 6.54 Å². The number of carbonyl (C=O) groups is 2. The number of carbonyl (C=O) groups excluding carboxylic acids is 2. The molecule has 0 atom stereocenters. The minimum Gasteiger partial charge on any atom is -0.489 e. The van der Waals surface area contributed by atoms with Gasteiger partial charge in [0.15, 0.2) is 0 Å². The summed E-state index contributed by atoms with van der Waals surface area (Å²) in [6.45, 7) is 2.27. The van der Waals surface area contributed by atoms with Gasteiger partial charge in [-0.2, -0.15) is 0 Å². The number of hydrogen-bond donors (Lipinski definition) is 1. The fourth-order valence-electron chi connectivity index (χ4n) is 3.17. The van der Waals surface area contributed by atoms with Crippen molar-refractivity contribution in [2.45, 2.75) is 20.0 Å². The Morgan fingerprint density at radius 3 is 2.23 bits per heavy atom. The zero-order valence-corrected chi connectivity index (χ0v) is 17.3. The summed E-state index contributed by atoms with van der Waals surface area (Å²) in [5, 5.41) is 2.90. The molecular weight excluding hydrogens is 376 g/mol. The number of nitrogens with one attached hydrogen (secondary N) is 1. The molecule has 0 aliphatic rings. The lowest BCUT2D eigenvalue weighted by Gasteiger charge is -2.19. The predicted octanol–water partition coefficient (Wildman–Crippen LogP) is 4.54. The monoisotopic (exact) mass is 402 g/mol. The van der Waals surface area contributed by atoms with Crippen LogP contribution in [0.3, 0.4) is 0 Å². The number of para-hydroxylation sites is 2. The Labute approximate surface area is 177 Å². The third kappa shape index (κ3) is 5.47. The van der Waals surface area contributed by atoms with Gasteiger partial charge in [-0.05, 0) is 36.2 Å². The zero-order chi connectivity index (χ0) is 21.3. The fourth-order valence-corrected chi connectivity index (χ4v) is 3.17. The number of likely N-dealkylation sites (N-methyl/N-ethyl adjacent to an activating group) is 1. The van der Waals surface area contributed by atoms with Crippen LogP contribution in [-0.4, -0.2) is 30.3 Å². The van der Waals surface area contributed by atoms with E-state index in [0.717, 1.165) is 29.0 Å². The first-order valence-electron chi connectivity index (χ1n) is 9.97. The first-order valence-corrected chi connectivity index (χ1v) is 9.97. The van der Waals surface area contributed by atoms with Crippen molar-refractivity contribution < 1.29 is 14.3 Å². The molecule has 154 valence electrons. The molecule has 2 amide bonds. The molecule has 3 aromatic carbocycles. The zero-order valence-electron chi connectivity index (χ0n) is 17.3. The third-order valence-electron chi connectivity index (χ3n) is 4.79. The van der Waals surface area contributed by atoms with E-state index in [1.807, 2.05) is 79.7 Å². The Hall–Kier alpha value is -3.60. The molecule has 0 radical (unpaired) electrons. The molecule has 1 N–H and O–H groups in total. The number of benzene rings is 3. The molecule has 0 fully saturated rings. The molecule has 0 heterocycles. The molecule has 3 rings (SSSR count). The minimum absolute atomic E-state index is 0.0369. The van der Waals surface area contributed by atoms with Crippen LogP contribution in [0.1, 0.15) is 28.4 Å². The van der Waals surface area contributed by atoms with Crippen molar-refractivity contribution in [3.8, 4) is 5.75 Å². The van der Waals surface area contributed by atoms with Gasteiger partial charge in [-0.1, -0.05) is 61.5 Å². The summed E-state index contributed by atoms with van der Waals surface area (Å²) in [4.78, 5) is 26.9. The van der Waals surface area contributed by atoms with E-state index in [4.69, 9.17) is 4.74 Å². The van der Waals surface area contributed by atoms with Crippen LogP contribution < -0.4 is 10.1 Å². The number of hydrogen-bond acceptors (Lipinski definition) is 3. The maximum Gasteiger partial charge on any atom is 0.254 e. The quantitative estimate of drug-likeness (QED) is 0.602. The van der Waals surface area contributed by atoms with Crippen molar-refractivity contribution in [3.63, 3.8) is 0 Å². The van der Waals surface area contributed by atoms with Crippen molar-refractivity contribution in [1.82, 2.24) is 4.90 Å². The second kappa shape index (κ2) is 10.3. The lowest BCUT2D eigenvalue weighted by atomic mass is 10.1. The van der Waals surface area contributed by atoms with Gasteiger partial charge in [0.1, 0.15) is 12.4 Å². The van der Waals surface area contributed by atoms with Crippen LogP contribution in [0.4, 0.5) is 5.69 Å². The molecule has 0 bridgehead atoms. The van der Waals surface area contributed by atoms with Crippen molar-refractivity contribution in [1.29, 1.82) is 0 Å². The number of rotatable bonds is 8. The molecule has 0 unspecified atom stereocenters. The third-order valence-corrected chi connectivity index (χ3v) is 4.79. The minimum atomic E-state index is -0.232. The van der Waals surface area contributed by atoms with E-state index in [2.05, 4.69) is 5.32 Å². The number of nitrogens with zero attached hydrogens (tertiary/aromatic N) is 1. The Kier molecular flexibility index (Phi) is 7.22. The normalized spacial score (nSPS) is 10.3. The Balaban J connectivity index is 1.65. The summed E-state index contributed by atoms with van der Waals surface area (Å²) in [6, 6.07) is 24.4. The van der Waals surface area contributed by atoms with E-state index in [-0.39, 0.29) is 25.0 Å². The largest absolute Gasteiger partial charge is 0.489 e. The highest BCUT2D eigenvalue weighted by Crippen LogP contribution is 2.17. The molecule has 0 aliphatic carbocycles. The van der Waals surface area contributed by atoms with E-state index in [0.29, 0.717) is 5.56 Å². The first kappa shape index (κ1) is 21.1. The number of amides is 2. The van der Waals surface area contributed by atoms with Gasteiger partial charge < -0.3 is 15.0 Å². The first-order chi connectivity index (χ1) is 14.6. The average molecular weight is 402 g/mol. The van der Waals surface area contributed by atoms with Crippen molar-refractivity contribution in [2.75, 3.05) is 18.9 Å². The van der Waals surface area contributed by atoms with Crippen molar-refractivity contribution in [3.05, 3.63) is 95.6 Å². The van der Waals surface area contributed by atoms with Gasteiger partial charge in [-0.3, -0.25) is 9.59 Å². The van der Waals surface area contributed by atoms with E-state index >= 15 is 0 Å². The van der Waals surface area contributed by atoms with Crippen molar-refractivity contribution >= 4 is 17.5 Å². The SMILES string of the molecule is CCc1ccccc1NC(=O)CN(C)C(=O)c1ccccc1COc1ccccc1. The molecule has 5 heteroatoms. The smallest absolute Gasteiger partial charge is 0.254 e. The molecule has 30 heavy (non-hydrogen) atoms. The van der Waals surface area contributed by atoms with Gasteiger partial charge >= 0.3 is 0 Å². The maximum absolute atomic E-state index is 13.0. The fraction of sp³-hybridized carbons (Fsp3) is 0.200. The van der Waals surface area contributed by atoms with E-state index in [1.165, 1.54) is 4.90 Å². The van der Waals surface area contributed by atoms with E-state index in [1.54, 1.807) is 13.1 Å². The van der Waals surface area contributed by atoms with Crippen LogP contribution in [0.25, 0.3) is 0 Å². The number of ether oxygens (including phenoxy) is 1. The topological polar surface area (TPSA) is 58.6 Å². The molecule has 5 nitrogen and oxygen atoms in total. The molecule has 0 aliphatic heterocycles. The van der Waals surface area contributed by atoms with Crippen LogP contribution in [-0.2, 0) is 17.8 Å². The summed E-state index contributed by atoms with van der Waals surface area (Å²) in [6.07, 6.45) is 0.819. The van der Waals surface area contributed by atoms with Gasteiger partial charge in [-0.25, -0.2) is 0 Å². The van der Waals surface area contributed by atoms with E-state index < -0.39 is 0 Å². The van der Waals surface area contributed by atoms with Gasteiger partial charge in [0.25, 0.3) is 5.91 Å².